The number of rotatable bonds is 3. The Bertz CT molecular complexity index is 496. The van der Waals surface area contributed by atoms with Crippen LogP contribution in [0.25, 0.3) is 0 Å². The second kappa shape index (κ2) is 5.48. The lowest BCUT2D eigenvalue weighted by atomic mass is 9.77. The van der Waals surface area contributed by atoms with E-state index in [4.69, 9.17) is 0 Å². The van der Waals surface area contributed by atoms with Crippen LogP contribution >= 0.6 is 0 Å². The summed E-state index contributed by atoms with van der Waals surface area (Å²) in [6.45, 7) is 10.6. The maximum absolute atomic E-state index is 12.7. The fourth-order valence-corrected chi connectivity index (χ4v) is 3.96. The van der Waals surface area contributed by atoms with Crippen molar-refractivity contribution in [2.24, 2.45) is 23.2 Å². The monoisotopic (exact) mass is 288 g/mol. The van der Waals surface area contributed by atoms with E-state index < -0.39 is 5.54 Å². The molecule has 4 unspecified atom stereocenters. The normalized spacial score (nSPS) is 37.2. The van der Waals surface area contributed by atoms with Crippen molar-refractivity contribution in [3.63, 3.8) is 0 Å². The van der Waals surface area contributed by atoms with Gasteiger partial charge in [-0.15, -0.1) is 0 Å². The smallest absolute Gasteiger partial charge is 0.225 e. The zero-order valence-electron chi connectivity index (χ0n) is 14.0. The number of hydrogen-bond donors (Lipinski definition) is 1. The zero-order chi connectivity index (χ0) is 15.8. The zero-order valence-corrected chi connectivity index (χ0v) is 14.0. The molecule has 0 aliphatic heterocycles. The van der Waals surface area contributed by atoms with Gasteiger partial charge in [0.15, 0.2) is 0 Å². The van der Waals surface area contributed by atoms with Crippen molar-refractivity contribution in [1.82, 2.24) is 5.32 Å². The summed E-state index contributed by atoms with van der Waals surface area (Å²) >= 11 is 0. The molecule has 4 atom stereocenters. The third-order valence-electron chi connectivity index (χ3n) is 5.28. The molecule has 2 aliphatic rings. The van der Waals surface area contributed by atoms with E-state index in [1.54, 1.807) is 0 Å². The van der Waals surface area contributed by atoms with E-state index in [9.17, 15) is 10.1 Å². The van der Waals surface area contributed by atoms with Crippen LogP contribution < -0.4 is 5.32 Å². The molecule has 0 heterocycles. The van der Waals surface area contributed by atoms with Gasteiger partial charge < -0.3 is 5.32 Å². The van der Waals surface area contributed by atoms with E-state index in [-0.39, 0.29) is 17.2 Å². The van der Waals surface area contributed by atoms with Crippen LogP contribution in [-0.4, -0.2) is 11.4 Å². The fraction of sp³-hybridized carbons (Fsp3) is 0.778. The highest BCUT2D eigenvalue weighted by Crippen LogP contribution is 2.59. The molecule has 0 aromatic heterocycles. The van der Waals surface area contributed by atoms with Gasteiger partial charge >= 0.3 is 0 Å². The summed E-state index contributed by atoms with van der Waals surface area (Å²) < 4.78 is 0. The average molecular weight is 288 g/mol. The molecule has 2 aliphatic carbocycles. The van der Waals surface area contributed by atoms with E-state index in [0.717, 1.165) is 25.7 Å². The topological polar surface area (TPSA) is 52.9 Å². The van der Waals surface area contributed by atoms with E-state index in [0.29, 0.717) is 11.8 Å². The third-order valence-corrected chi connectivity index (χ3v) is 5.28. The summed E-state index contributed by atoms with van der Waals surface area (Å²) in [5, 5.41) is 12.7. The Labute approximate surface area is 128 Å². The first kappa shape index (κ1) is 16.1. The van der Waals surface area contributed by atoms with Crippen LogP contribution in [0.15, 0.2) is 11.6 Å². The summed E-state index contributed by atoms with van der Waals surface area (Å²) in [5.74, 6) is 0.895. The van der Waals surface area contributed by atoms with Crippen LogP contribution in [0.1, 0.15) is 60.3 Å². The second-order valence-electron chi connectivity index (χ2n) is 7.95. The summed E-state index contributed by atoms with van der Waals surface area (Å²) in [6.07, 6.45) is 5.97. The summed E-state index contributed by atoms with van der Waals surface area (Å²) in [5.41, 5.74) is 0.631. The lowest BCUT2D eigenvalue weighted by Gasteiger charge is -2.35. The molecular weight excluding hydrogens is 260 g/mol. The van der Waals surface area contributed by atoms with E-state index >= 15 is 0 Å². The SMILES string of the molecule is CC(C)=CC1C(C(=O)NC2(C#N)CCCC(C)C2)C1(C)C. The van der Waals surface area contributed by atoms with Gasteiger partial charge in [0.1, 0.15) is 5.54 Å². The van der Waals surface area contributed by atoms with Crippen molar-refractivity contribution in [2.75, 3.05) is 0 Å². The van der Waals surface area contributed by atoms with Crippen molar-refractivity contribution in [2.45, 2.75) is 65.8 Å². The van der Waals surface area contributed by atoms with Crippen LogP contribution in [0, 0.1) is 34.5 Å². The van der Waals surface area contributed by atoms with E-state index in [1.165, 1.54) is 5.57 Å². The molecule has 2 rings (SSSR count). The molecule has 0 saturated heterocycles. The van der Waals surface area contributed by atoms with Crippen molar-refractivity contribution in [1.29, 1.82) is 5.26 Å². The summed E-state index contributed by atoms with van der Waals surface area (Å²) in [4.78, 5) is 12.7. The van der Waals surface area contributed by atoms with Crippen molar-refractivity contribution < 1.29 is 4.79 Å². The molecule has 2 saturated carbocycles. The minimum Gasteiger partial charge on any atom is -0.338 e. The molecule has 116 valence electrons. The molecule has 0 aromatic carbocycles. The molecule has 0 spiro atoms. The van der Waals surface area contributed by atoms with Crippen LogP contribution in [0.5, 0.6) is 0 Å². The Morgan fingerprint density at radius 2 is 2.05 bits per heavy atom. The predicted molar refractivity (Wildman–Crippen MR) is 84.3 cm³/mol. The van der Waals surface area contributed by atoms with Crippen LogP contribution in [-0.2, 0) is 4.79 Å². The molecule has 3 nitrogen and oxygen atoms in total. The van der Waals surface area contributed by atoms with Crippen LogP contribution in [0.3, 0.4) is 0 Å². The number of nitriles is 1. The number of hydrogen-bond acceptors (Lipinski definition) is 2. The first-order chi connectivity index (χ1) is 9.72. The summed E-state index contributed by atoms with van der Waals surface area (Å²) in [6, 6.07) is 2.40. The third kappa shape index (κ3) is 3.15. The highest BCUT2D eigenvalue weighted by molar-refractivity contribution is 5.84. The number of carbonyl (C=O) groups is 1. The molecule has 0 aromatic rings. The van der Waals surface area contributed by atoms with E-state index in [2.05, 4.69) is 52.1 Å². The standard InChI is InChI=1S/C18H28N2O/c1-12(2)9-14-15(17(14,4)5)16(21)20-18(11-19)8-6-7-13(3)10-18/h9,13-15H,6-8,10H2,1-5H3,(H,20,21). The minimum atomic E-state index is -0.636. The Hall–Kier alpha value is -1.30. The van der Waals surface area contributed by atoms with Crippen LogP contribution in [0.4, 0.5) is 0 Å². The first-order valence-electron chi connectivity index (χ1n) is 8.10. The molecule has 2 fully saturated rings. The second-order valence-corrected chi connectivity index (χ2v) is 7.95. The molecule has 0 radical (unpaired) electrons. The molecule has 1 amide bonds. The number of allylic oxidation sites excluding steroid dienone is 2. The molecule has 0 bridgehead atoms. The maximum Gasteiger partial charge on any atom is 0.225 e. The van der Waals surface area contributed by atoms with Gasteiger partial charge in [-0.25, -0.2) is 0 Å². The van der Waals surface area contributed by atoms with Gasteiger partial charge in [0.2, 0.25) is 5.91 Å². The van der Waals surface area contributed by atoms with Gasteiger partial charge in [-0.05, 0) is 50.4 Å². The molecule has 1 N–H and O–H groups in total. The number of nitrogens with zero attached hydrogens (tertiary/aromatic N) is 1. The first-order valence-corrected chi connectivity index (χ1v) is 8.10. The van der Waals surface area contributed by atoms with Gasteiger partial charge in [0, 0.05) is 0 Å². The van der Waals surface area contributed by atoms with Gasteiger partial charge in [-0.2, -0.15) is 5.26 Å². The largest absolute Gasteiger partial charge is 0.338 e. The Morgan fingerprint density at radius 1 is 1.38 bits per heavy atom. The van der Waals surface area contributed by atoms with Gasteiger partial charge in [0.05, 0.1) is 12.0 Å². The van der Waals surface area contributed by atoms with Crippen molar-refractivity contribution >= 4 is 5.91 Å². The number of carbonyl (C=O) groups excluding carboxylic acids is 1. The lowest BCUT2D eigenvalue weighted by molar-refractivity contribution is -0.125. The Kier molecular flexibility index (Phi) is 4.19. The predicted octanol–water partition coefficient (Wildman–Crippen LogP) is 3.81. The van der Waals surface area contributed by atoms with Gasteiger partial charge in [-0.3, -0.25) is 4.79 Å². The molecular formula is C18H28N2O. The van der Waals surface area contributed by atoms with Crippen molar-refractivity contribution in [3.8, 4) is 6.07 Å². The van der Waals surface area contributed by atoms with Gasteiger partial charge in [0.25, 0.3) is 0 Å². The summed E-state index contributed by atoms with van der Waals surface area (Å²) in [7, 11) is 0. The molecule has 21 heavy (non-hydrogen) atoms. The van der Waals surface area contributed by atoms with Crippen LogP contribution in [0.2, 0.25) is 0 Å². The van der Waals surface area contributed by atoms with E-state index in [1.807, 2.05) is 0 Å². The maximum atomic E-state index is 12.7. The van der Waals surface area contributed by atoms with Crippen molar-refractivity contribution in [3.05, 3.63) is 11.6 Å². The number of nitrogens with one attached hydrogen (secondary N) is 1. The highest BCUT2D eigenvalue weighted by atomic mass is 16.2. The molecule has 3 heteroatoms. The minimum absolute atomic E-state index is 0.00913. The average Bonchev–Trinajstić information content (AvgIpc) is 2.89. The Morgan fingerprint density at radius 3 is 2.57 bits per heavy atom. The quantitative estimate of drug-likeness (QED) is 0.803. The fourth-order valence-electron chi connectivity index (χ4n) is 3.96. The Balaban J connectivity index is 2.08. The lowest BCUT2D eigenvalue weighted by Crippen LogP contribution is -2.51. The number of amides is 1. The highest BCUT2D eigenvalue weighted by Gasteiger charge is 2.61. The van der Waals surface area contributed by atoms with Gasteiger partial charge in [-0.1, -0.05) is 38.8 Å².